The molecule has 0 spiro atoms. The maximum atomic E-state index is 10.6. The minimum Gasteiger partial charge on any atom is -0.384 e. The summed E-state index contributed by atoms with van der Waals surface area (Å²) in [6.45, 7) is 6.66. The first kappa shape index (κ1) is 13.9. The average Bonchev–Trinajstić information content (AvgIpc) is 2.39. The third kappa shape index (κ3) is 3.48. The molecule has 0 radical (unpaired) electrons. The van der Waals surface area contributed by atoms with Crippen LogP contribution in [0.15, 0.2) is 29.2 Å². The summed E-state index contributed by atoms with van der Waals surface area (Å²) >= 11 is 1.72. The third-order valence-corrected chi connectivity index (χ3v) is 4.20. The molecule has 2 rings (SSSR count). The van der Waals surface area contributed by atoms with Gasteiger partial charge in [0.25, 0.3) is 0 Å². The lowest BCUT2D eigenvalue weighted by Gasteiger charge is -2.34. The Morgan fingerprint density at radius 3 is 2.44 bits per heavy atom. The maximum Gasteiger partial charge on any atom is 0.0994 e. The summed E-state index contributed by atoms with van der Waals surface area (Å²) < 4.78 is 0. The van der Waals surface area contributed by atoms with E-state index in [9.17, 15) is 5.11 Å². The summed E-state index contributed by atoms with van der Waals surface area (Å²) in [4.78, 5) is 3.55. The van der Waals surface area contributed by atoms with E-state index in [0.29, 0.717) is 6.54 Å². The van der Waals surface area contributed by atoms with E-state index in [1.54, 1.807) is 11.8 Å². The molecule has 3 nitrogen and oxygen atoms in total. The molecule has 1 fully saturated rings. The van der Waals surface area contributed by atoms with E-state index in [0.717, 1.165) is 31.7 Å². The number of hydrogen-bond donors (Lipinski definition) is 2. The van der Waals surface area contributed by atoms with Crippen molar-refractivity contribution in [3.8, 4) is 0 Å². The third-order valence-electron chi connectivity index (χ3n) is 3.45. The van der Waals surface area contributed by atoms with E-state index in [2.05, 4.69) is 28.6 Å². The van der Waals surface area contributed by atoms with Gasteiger partial charge in [0.15, 0.2) is 0 Å². The van der Waals surface area contributed by atoms with E-state index in [1.807, 2.05) is 19.1 Å². The molecule has 0 aromatic heterocycles. The highest BCUT2D eigenvalue weighted by Crippen LogP contribution is 2.24. The van der Waals surface area contributed by atoms with Crippen LogP contribution in [0, 0.1) is 0 Å². The Kier molecular flexibility index (Phi) is 4.67. The number of benzene rings is 1. The van der Waals surface area contributed by atoms with Gasteiger partial charge in [0.1, 0.15) is 0 Å². The molecule has 1 aromatic rings. The molecular formula is C14H22N2OS. The van der Waals surface area contributed by atoms with Crippen molar-refractivity contribution in [1.29, 1.82) is 0 Å². The van der Waals surface area contributed by atoms with Crippen LogP contribution in [0.3, 0.4) is 0 Å². The molecule has 0 aliphatic carbocycles. The molecule has 1 unspecified atom stereocenters. The number of thioether (sulfide) groups is 1. The van der Waals surface area contributed by atoms with E-state index < -0.39 is 5.60 Å². The smallest absolute Gasteiger partial charge is 0.0994 e. The Hall–Kier alpha value is -0.550. The van der Waals surface area contributed by atoms with Crippen LogP contribution in [-0.2, 0) is 5.60 Å². The first-order chi connectivity index (χ1) is 8.62. The van der Waals surface area contributed by atoms with Gasteiger partial charge in [0.05, 0.1) is 5.60 Å². The van der Waals surface area contributed by atoms with Crippen LogP contribution >= 0.6 is 11.8 Å². The second-order valence-electron chi connectivity index (χ2n) is 5.03. The normalized spacial score (nSPS) is 20.6. The Labute approximate surface area is 114 Å². The van der Waals surface area contributed by atoms with Crippen molar-refractivity contribution < 1.29 is 5.11 Å². The summed E-state index contributed by atoms with van der Waals surface area (Å²) in [6.07, 6.45) is 2.06. The van der Waals surface area contributed by atoms with E-state index in [1.165, 1.54) is 4.90 Å². The maximum absolute atomic E-state index is 10.6. The van der Waals surface area contributed by atoms with Crippen LogP contribution in [0.4, 0.5) is 0 Å². The second-order valence-corrected chi connectivity index (χ2v) is 5.91. The van der Waals surface area contributed by atoms with Gasteiger partial charge < -0.3 is 10.4 Å². The molecule has 2 N–H and O–H groups in total. The zero-order valence-corrected chi connectivity index (χ0v) is 12.0. The lowest BCUT2D eigenvalue weighted by Crippen LogP contribution is -2.48. The van der Waals surface area contributed by atoms with Gasteiger partial charge in [-0.25, -0.2) is 0 Å². The van der Waals surface area contributed by atoms with Gasteiger partial charge in [-0.1, -0.05) is 12.1 Å². The fraction of sp³-hybridized carbons (Fsp3) is 0.571. The quantitative estimate of drug-likeness (QED) is 0.810. The van der Waals surface area contributed by atoms with Crippen LogP contribution in [-0.4, -0.2) is 49.0 Å². The lowest BCUT2D eigenvalue weighted by molar-refractivity contribution is 0.0125. The monoisotopic (exact) mass is 266 g/mol. The molecule has 1 atom stereocenters. The van der Waals surface area contributed by atoms with E-state index in [4.69, 9.17) is 0 Å². The van der Waals surface area contributed by atoms with Crippen molar-refractivity contribution in [2.24, 2.45) is 0 Å². The largest absolute Gasteiger partial charge is 0.384 e. The van der Waals surface area contributed by atoms with Crippen LogP contribution in [0.2, 0.25) is 0 Å². The number of aliphatic hydroxyl groups is 1. The minimum absolute atomic E-state index is 0.702. The van der Waals surface area contributed by atoms with Gasteiger partial charge >= 0.3 is 0 Å². The highest BCUT2D eigenvalue weighted by Gasteiger charge is 2.26. The molecule has 100 valence electrons. The predicted molar refractivity (Wildman–Crippen MR) is 77.1 cm³/mol. The van der Waals surface area contributed by atoms with E-state index >= 15 is 0 Å². The molecule has 1 aliphatic heterocycles. The Morgan fingerprint density at radius 1 is 1.28 bits per heavy atom. The van der Waals surface area contributed by atoms with Crippen LogP contribution < -0.4 is 5.32 Å². The number of hydrogen-bond acceptors (Lipinski definition) is 4. The van der Waals surface area contributed by atoms with Crippen molar-refractivity contribution in [3.63, 3.8) is 0 Å². The highest BCUT2D eigenvalue weighted by molar-refractivity contribution is 7.98. The molecule has 4 heteroatoms. The van der Waals surface area contributed by atoms with Crippen molar-refractivity contribution in [2.75, 3.05) is 39.0 Å². The molecule has 18 heavy (non-hydrogen) atoms. The first-order valence-electron chi connectivity index (χ1n) is 6.42. The average molecular weight is 266 g/mol. The molecule has 1 saturated heterocycles. The molecule has 0 amide bonds. The van der Waals surface area contributed by atoms with Crippen LogP contribution in [0.5, 0.6) is 0 Å². The Bertz CT molecular complexity index is 372. The van der Waals surface area contributed by atoms with Gasteiger partial charge in [-0.2, -0.15) is 0 Å². The topological polar surface area (TPSA) is 35.5 Å². The summed E-state index contributed by atoms with van der Waals surface area (Å²) in [5.41, 5.74) is 0.229. The molecule has 0 bridgehead atoms. The molecule has 1 aliphatic rings. The van der Waals surface area contributed by atoms with Gasteiger partial charge in [-0.15, -0.1) is 11.8 Å². The summed E-state index contributed by atoms with van der Waals surface area (Å²) in [6, 6.07) is 8.22. The fourth-order valence-electron chi connectivity index (χ4n) is 2.35. The van der Waals surface area contributed by atoms with Crippen molar-refractivity contribution >= 4 is 11.8 Å². The van der Waals surface area contributed by atoms with Crippen LogP contribution in [0.25, 0.3) is 0 Å². The van der Waals surface area contributed by atoms with Gasteiger partial charge in [0.2, 0.25) is 0 Å². The number of nitrogens with one attached hydrogen (secondary N) is 1. The first-order valence-corrected chi connectivity index (χ1v) is 7.64. The minimum atomic E-state index is -0.770. The van der Waals surface area contributed by atoms with Gasteiger partial charge in [0, 0.05) is 37.6 Å². The van der Waals surface area contributed by atoms with E-state index in [-0.39, 0.29) is 0 Å². The lowest BCUT2D eigenvalue weighted by atomic mass is 9.95. The highest BCUT2D eigenvalue weighted by atomic mass is 32.2. The molecule has 1 aromatic carbocycles. The fourth-order valence-corrected chi connectivity index (χ4v) is 2.75. The number of β-amino-alcohol motifs (C(OH)–C–C–N with tert-alkyl or cyclic N) is 1. The summed E-state index contributed by atoms with van der Waals surface area (Å²) in [7, 11) is 0. The Balaban J connectivity index is 2.03. The number of piperazine rings is 1. The summed E-state index contributed by atoms with van der Waals surface area (Å²) in [5.74, 6) is 0. The molecular weight excluding hydrogens is 244 g/mol. The second kappa shape index (κ2) is 6.06. The molecule has 1 heterocycles. The predicted octanol–water partition coefficient (Wildman–Crippen LogP) is 1.52. The SMILES string of the molecule is CSc1ccc(C(C)(O)CN2CCNCC2)cc1. The summed E-state index contributed by atoms with van der Waals surface area (Å²) in [5, 5.41) is 14.0. The zero-order chi connectivity index (χ0) is 13.0. The number of nitrogens with zero attached hydrogens (tertiary/aromatic N) is 1. The van der Waals surface area contributed by atoms with Crippen LogP contribution in [0.1, 0.15) is 12.5 Å². The van der Waals surface area contributed by atoms with Crippen molar-refractivity contribution in [2.45, 2.75) is 17.4 Å². The van der Waals surface area contributed by atoms with Gasteiger partial charge in [-0.3, -0.25) is 4.90 Å². The molecule has 0 saturated carbocycles. The number of rotatable bonds is 4. The Morgan fingerprint density at radius 2 is 1.89 bits per heavy atom. The van der Waals surface area contributed by atoms with Crippen molar-refractivity contribution in [1.82, 2.24) is 10.2 Å². The standard InChI is InChI=1S/C14H22N2OS/c1-14(17,11-16-9-7-15-8-10-16)12-3-5-13(18-2)6-4-12/h3-6,15,17H,7-11H2,1-2H3. The van der Waals surface area contributed by atoms with Crippen molar-refractivity contribution in [3.05, 3.63) is 29.8 Å². The zero-order valence-electron chi connectivity index (χ0n) is 11.1. The van der Waals surface area contributed by atoms with Gasteiger partial charge in [-0.05, 0) is 30.9 Å².